The van der Waals surface area contributed by atoms with Crippen LogP contribution < -0.4 is 0 Å². The summed E-state index contributed by atoms with van der Waals surface area (Å²) in [5, 5.41) is 8.36. The van der Waals surface area contributed by atoms with E-state index in [4.69, 9.17) is 5.11 Å². The SMILES string of the molecule is Cl.O=C(O)C1CCC(F)C1. The van der Waals surface area contributed by atoms with Crippen molar-refractivity contribution in [2.75, 3.05) is 0 Å². The van der Waals surface area contributed by atoms with Gasteiger partial charge in [-0.3, -0.25) is 4.79 Å². The lowest BCUT2D eigenvalue weighted by Gasteiger charge is -1.98. The summed E-state index contributed by atoms with van der Waals surface area (Å²) in [7, 11) is 0. The van der Waals surface area contributed by atoms with E-state index in [1.807, 2.05) is 0 Å². The molecule has 1 rings (SSSR count). The van der Waals surface area contributed by atoms with Gasteiger partial charge in [-0.05, 0) is 19.3 Å². The van der Waals surface area contributed by atoms with Crippen LogP contribution in [0, 0.1) is 5.92 Å². The zero-order valence-corrected chi connectivity index (χ0v) is 6.23. The van der Waals surface area contributed by atoms with Crippen molar-refractivity contribution >= 4 is 18.4 Å². The lowest BCUT2D eigenvalue weighted by molar-refractivity contribution is -0.141. The summed E-state index contributed by atoms with van der Waals surface area (Å²) in [5.74, 6) is -1.27. The first kappa shape index (κ1) is 9.69. The monoisotopic (exact) mass is 168 g/mol. The van der Waals surface area contributed by atoms with Crippen molar-refractivity contribution in [1.29, 1.82) is 0 Å². The topological polar surface area (TPSA) is 37.3 Å². The van der Waals surface area contributed by atoms with E-state index in [1.165, 1.54) is 0 Å². The predicted molar refractivity (Wildman–Crippen MR) is 37.1 cm³/mol. The zero-order valence-electron chi connectivity index (χ0n) is 5.42. The first-order valence-electron chi connectivity index (χ1n) is 3.07. The molecule has 4 heteroatoms. The molecule has 1 fully saturated rings. The van der Waals surface area contributed by atoms with Crippen LogP contribution in [0.2, 0.25) is 0 Å². The van der Waals surface area contributed by atoms with E-state index < -0.39 is 18.1 Å². The molecule has 1 aliphatic carbocycles. The van der Waals surface area contributed by atoms with Gasteiger partial charge in [-0.2, -0.15) is 0 Å². The second kappa shape index (κ2) is 3.76. The molecule has 0 aromatic heterocycles. The van der Waals surface area contributed by atoms with Crippen molar-refractivity contribution in [2.45, 2.75) is 25.4 Å². The lowest BCUT2D eigenvalue weighted by Crippen LogP contribution is -2.09. The molecule has 1 aliphatic rings. The van der Waals surface area contributed by atoms with Gasteiger partial charge in [-0.15, -0.1) is 12.4 Å². The average molecular weight is 169 g/mol. The van der Waals surface area contributed by atoms with Gasteiger partial charge < -0.3 is 5.11 Å². The first-order chi connectivity index (χ1) is 4.20. The number of rotatable bonds is 1. The molecule has 0 aromatic carbocycles. The van der Waals surface area contributed by atoms with Crippen LogP contribution >= 0.6 is 12.4 Å². The van der Waals surface area contributed by atoms with E-state index in [1.54, 1.807) is 0 Å². The quantitative estimate of drug-likeness (QED) is 0.646. The van der Waals surface area contributed by atoms with Gasteiger partial charge in [0.15, 0.2) is 0 Å². The molecule has 10 heavy (non-hydrogen) atoms. The number of hydrogen-bond acceptors (Lipinski definition) is 1. The Hall–Kier alpha value is -0.310. The van der Waals surface area contributed by atoms with E-state index in [9.17, 15) is 9.18 Å². The highest BCUT2D eigenvalue weighted by atomic mass is 35.5. The maximum absolute atomic E-state index is 12.3. The van der Waals surface area contributed by atoms with Crippen LogP contribution in [0.5, 0.6) is 0 Å². The zero-order chi connectivity index (χ0) is 6.85. The van der Waals surface area contributed by atoms with Gasteiger partial charge in [0.25, 0.3) is 0 Å². The van der Waals surface area contributed by atoms with Crippen LogP contribution in [-0.4, -0.2) is 17.2 Å². The molecule has 2 nitrogen and oxygen atoms in total. The Morgan fingerprint density at radius 2 is 2.10 bits per heavy atom. The van der Waals surface area contributed by atoms with E-state index in [0.29, 0.717) is 12.8 Å². The minimum absolute atomic E-state index is 0. The number of hydrogen-bond donors (Lipinski definition) is 1. The molecule has 0 saturated heterocycles. The maximum atomic E-state index is 12.3. The summed E-state index contributed by atoms with van der Waals surface area (Å²) >= 11 is 0. The molecule has 0 amide bonds. The third kappa shape index (κ3) is 2.14. The van der Waals surface area contributed by atoms with Gasteiger partial charge in [0.05, 0.1) is 5.92 Å². The Balaban J connectivity index is 0.000000810. The van der Waals surface area contributed by atoms with Crippen LogP contribution in [-0.2, 0) is 4.79 Å². The van der Waals surface area contributed by atoms with Crippen molar-refractivity contribution in [3.05, 3.63) is 0 Å². The van der Waals surface area contributed by atoms with Gasteiger partial charge in [0, 0.05) is 0 Å². The van der Waals surface area contributed by atoms with Crippen molar-refractivity contribution in [2.24, 2.45) is 5.92 Å². The fraction of sp³-hybridized carbons (Fsp3) is 0.833. The van der Waals surface area contributed by atoms with Crippen molar-refractivity contribution in [1.82, 2.24) is 0 Å². The Morgan fingerprint density at radius 1 is 1.50 bits per heavy atom. The smallest absolute Gasteiger partial charge is 0.306 e. The number of halogens is 2. The molecule has 60 valence electrons. The molecule has 1 N–H and O–H groups in total. The van der Waals surface area contributed by atoms with E-state index in [-0.39, 0.29) is 18.8 Å². The summed E-state index contributed by atoms with van der Waals surface area (Å²) in [6.45, 7) is 0. The Labute approximate surface area is 64.8 Å². The standard InChI is InChI=1S/C6H9FO2.ClH/c7-5-2-1-4(3-5)6(8)9;/h4-5H,1-3H2,(H,8,9);1H. The highest BCUT2D eigenvalue weighted by molar-refractivity contribution is 5.85. The van der Waals surface area contributed by atoms with Gasteiger partial charge in [-0.1, -0.05) is 0 Å². The molecule has 0 radical (unpaired) electrons. The van der Waals surface area contributed by atoms with Gasteiger partial charge in [0.2, 0.25) is 0 Å². The van der Waals surface area contributed by atoms with E-state index in [0.717, 1.165) is 0 Å². The molecule has 2 unspecified atom stereocenters. The second-order valence-electron chi connectivity index (χ2n) is 2.45. The second-order valence-corrected chi connectivity index (χ2v) is 2.45. The molecular weight excluding hydrogens is 159 g/mol. The predicted octanol–water partition coefficient (Wildman–Crippen LogP) is 1.63. The summed E-state index contributed by atoms with van der Waals surface area (Å²) in [5.41, 5.74) is 0. The molecular formula is C6H10ClFO2. The van der Waals surface area contributed by atoms with Gasteiger partial charge >= 0.3 is 5.97 Å². The lowest BCUT2D eigenvalue weighted by atomic mass is 10.1. The molecule has 0 bridgehead atoms. The van der Waals surface area contributed by atoms with E-state index >= 15 is 0 Å². The van der Waals surface area contributed by atoms with Crippen LogP contribution in [0.25, 0.3) is 0 Å². The molecule has 0 spiro atoms. The Kier molecular flexibility index (Phi) is 3.64. The Morgan fingerprint density at radius 3 is 2.30 bits per heavy atom. The third-order valence-electron chi connectivity index (χ3n) is 1.72. The molecule has 0 aromatic rings. The van der Waals surface area contributed by atoms with Crippen LogP contribution in [0.3, 0.4) is 0 Å². The minimum atomic E-state index is -0.869. The fourth-order valence-corrected chi connectivity index (χ4v) is 1.15. The fourth-order valence-electron chi connectivity index (χ4n) is 1.15. The van der Waals surface area contributed by atoms with Crippen LogP contribution in [0.1, 0.15) is 19.3 Å². The number of carbonyl (C=O) groups is 1. The van der Waals surface area contributed by atoms with Crippen molar-refractivity contribution in [3.63, 3.8) is 0 Å². The average Bonchev–Trinajstić information content (AvgIpc) is 2.14. The molecule has 0 heterocycles. The minimum Gasteiger partial charge on any atom is -0.481 e. The summed E-state index contributed by atoms with van der Waals surface area (Å²) in [6.07, 6.45) is 0.286. The summed E-state index contributed by atoms with van der Waals surface area (Å²) in [4.78, 5) is 10.2. The number of carboxylic acid groups (broad SMARTS) is 1. The number of aliphatic carboxylic acids is 1. The number of carboxylic acids is 1. The largest absolute Gasteiger partial charge is 0.481 e. The third-order valence-corrected chi connectivity index (χ3v) is 1.72. The van der Waals surface area contributed by atoms with Gasteiger partial charge in [0.1, 0.15) is 6.17 Å². The van der Waals surface area contributed by atoms with E-state index in [2.05, 4.69) is 0 Å². The maximum Gasteiger partial charge on any atom is 0.306 e. The van der Waals surface area contributed by atoms with Gasteiger partial charge in [-0.25, -0.2) is 4.39 Å². The molecule has 1 saturated carbocycles. The molecule has 2 atom stereocenters. The first-order valence-corrected chi connectivity index (χ1v) is 3.07. The molecule has 0 aliphatic heterocycles. The summed E-state index contributed by atoms with van der Waals surface area (Å²) < 4.78 is 12.3. The Bertz CT molecular complexity index is 129. The van der Waals surface area contributed by atoms with Crippen LogP contribution in [0.4, 0.5) is 4.39 Å². The normalized spacial score (nSPS) is 31.3. The van der Waals surface area contributed by atoms with Crippen molar-refractivity contribution in [3.8, 4) is 0 Å². The summed E-state index contributed by atoms with van der Waals surface area (Å²) in [6, 6.07) is 0. The number of alkyl halides is 1. The van der Waals surface area contributed by atoms with Crippen molar-refractivity contribution < 1.29 is 14.3 Å². The highest BCUT2D eigenvalue weighted by Crippen LogP contribution is 2.27. The van der Waals surface area contributed by atoms with Crippen LogP contribution in [0.15, 0.2) is 0 Å². The highest BCUT2D eigenvalue weighted by Gasteiger charge is 2.29.